The van der Waals surface area contributed by atoms with Gasteiger partial charge in [-0.15, -0.1) is 0 Å². The molecule has 18 heavy (non-hydrogen) atoms. The van der Waals surface area contributed by atoms with E-state index in [1.54, 1.807) is 0 Å². The van der Waals surface area contributed by atoms with Crippen LogP contribution in [0.3, 0.4) is 0 Å². The normalized spacial score (nSPS) is 16.4. The molecule has 1 heterocycles. The molecule has 0 amide bonds. The zero-order valence-electron chi connectivity index (χ0n) is 11.2. The molecule has 1 saturated heterocycles. The van der Waals surface area contributed by atoms with Gasteiger partial charge in [-0.3, -0.25) is 0 Å². The van der Waals surface area contributed by atoms with Crippen LogP contribution in [0.4, 0.5) is 5.69 Å². The van der Waals surface area contributed by atoms with Crippen LogP contribution < -0.4 is 15.5 Å². The summed E-state index contributed by atoms with van der Waals surface area (Å²) in [6.07, 6.45) is 5.49. The third-order valence-corrected chi connectivity index (χ3v) is 3.25. The highest BCUT2D eigenvalue weighted by Gasteiger charge is 2.09. The lowest BCUT2D eigenvalue weighted by Gasteiger charge is -2.29. The Bertz CT molecular complexity index is 364. The van der Waals surface area contributed by atoms with Gasteiger partial charge in [0.25, 0.3) is 0 Å². The lowest BCUT2D eigenvalue weighted by atomic mass is 10.1. The highest BCUT2D eigenvalue weighted by atomic mass is 15.2. The molecule has 1 aliphatic rings. The topological polar surface area (TPSA) is 27.3 Å². The molecular formula is C15H23N3. The molecule has 0 unspecified atom stereocenters. The van der Waals surface area contributed by atoms with E-state index in [1.807, 2.05) is 7.05 Å². The fourth-order valence-corrected chi connectivity index (χ4v) is 2.17. The lowest BCUT2D eigenvalue weighted by molar-refractivity contribution is 0.589. The van der Waals surface area contributed by atoms with Gasteiger partial charge in [-0.05, 0) is 37.7 Å². The zero-order valence-corrected chi connectivity index (χ0v) is 11.2. The number of piperazine rings is 1. The summed E-state index contributed by atoms with van der Waals surface area (Å²) in [5, 5.41) is 6.52. The van der Waals surface area contributed by atoms with Crippen LogP contribution in [0.15, 0.2) is 30.3 Å². The summed E-state index contributed by atoms with van der Waals surface area (Å²) < 4.78 is 0. The maximum Gasteiger partial charge on any atom is 0.0367 e. The number of anilines is 1. The second-order valence-electron chi connectivity index (χ2n) is 4.62. The molecule has 98 valence electrons. The predicted molar refractivity (Wildman–Crippen MR) is 79.1 cm³/mol. The third kappa shape index (κ3) is 3.86. The van der Waals surface area contributed by atoms with Crippen LogP contribution >= 0.6 is 0 Å². The van der Waals surface area contributed by atoms with E-state index in [0.29, 0.717) is 0 Å². The van der Waals surface area contributed by atoms with Gasteiger partial charge in [0, 0.05) is 31.9 Å². The van der Waals surface area contributed by atoms with Crippen molar-refractivity contribution in [3.63, 3.8) is 0 Å². The van der Waals surface area contributed by atoms with Gasteiger partial charge in [0.2, 0.25) is 0 Å². The first-order chi connectivity index (χ1) is 8.90. The first kappa shape index (κ1) is 13.1. The fraction of sp³-hybridized carbons (Fsp3) is 0.467. The Morgan fingerprint density at radius 1 is 1.22 bits per heavy atom. The number of rotatable bonds is 5. The van der Waals surface area contributed by atoms with Gasteiger partial charge in [-0.2, -0.15) is 0 Å². The summed E-state index contributed by atoms with van der Waals surface area (Å²) >= 11 is 0. The second-order valence-corrected chi connectivity index (χ2v) is 4.62. The fourth-order valence-electron chi connectivity index (χ4n) is 2.17. The van der Waals surface area contributed by atoms with E-state index in [9.17, 15) is 0 Å². The summed E-state index contributed by atoms with van der Waals surface area (Å²) in [7, 11) is 1.98. The molecule has 3 nitrogen and oxygen atoms in total. The monoisotopic (exact) mass is 245 g/mol. The first-order valence-corrected chi connectivity index (χ1v) is 6.77. The summed E-state index contributed by atoms with van der Waals surface area (Å²) in [5.41, 5.74) is 2.62. The van der Waals surface area contributed by atoms with E-state index >= 15 is 0 Å². The SMILES string of the molecule is CNCCC=Cc1ccc(N2CCNCC2)cc1. The Balaban J connectivity index is 1.90. The van der Waals surface area contributed by atoms with Crippen LogP contribution in [0.5, 0.6) is 0 Å². The van der Waals surface area contributed by atoms with Gasteiger partial charge in [0.1, 0.15) is 0 Å². The number of benzene rings is 1. The molecule has 0 radical (unpaired) electrons. The number of nitrogens with one attached hydrogen (secondary N) is 2. The molecule has 0 spiro atoms. The van der Waals surface area contributed by atoms with Crippen LogP contribution in [0.25, 0.3) is 6.08 Å². The molecule has 2 rings (SSSR count). The van der Waals surface area contributed by atoms with Crippen LogP contribution in [-0.2, 0) is 0 Å². The van der Waals surface area contributed by atoms with E-state index in [4.69, 9.17) is 0 Å². The maximum absolute atomic E-state index is 3.38. The smallest absolute Gasteiger partial charge is 0.0367 e. The van der Waals surface area contributed by atoms with Gasteiger partial charge in [-0.25, -0.2) is 0 Å². The Kier molecular flexibility index (Phi) is 5.24. The number of nitrogens with zero attached hydrogens (tertiary/aromatic N) is 1. The molecule has 2 N–H and O–H groups in total. The molecule has 1 aromatic carbocycles. The Morgan fingerprint density at radius 2 is 1.94 bits per heavy atom. The number of hydrogen-bond acceptors (Lipinski definition) is 3. The van der Waals surface area contributed by atoms with Crippen LogP contribution in [0.1, 0.15) is 12.0 Å². The van der Waals surface area contributed by atoms with Crippen molar-refractivity contribution >= 4 is 11.8 Å². The van der Waals surface area contributed by atoms with E-state index < -0.39 is 0 Å². The predicted octanol–water partition coefficient (Wildman–Crippen LogP) is 1.72. The molecule has 0 aliphatic carbocycles. The van der Waals surface area contributed by atoms with Crippen molar-refractivity contribution in [1.29, 1.82) is 0 Å². The van der Waals surface area contributed by atoms with Crippen molar-refractivity contribution in [2.75, 3.05) is 44.7 Å². The molecule has 1 fully saturated rings. The average molecular weight is 245 g/mol. The maximum atomic E-state index is 3.38. The lowest BCUT2D eigenvalue weighted by Crippen LogP contribution is -2.43. The quantitative estimate of drug-likeness (QED) is 0.774. The summed E-state index contributed by atoms with van der Waals surface area (Å²) in [5.74, 6) is 0. The van der Waals surface area contributed by atoms with Crippen molar-refractivity contribution in [2.45, 2.75) is 6.42 Å². The summed E-state index contributed by atoms with van der Waals surface area (Å²) in [6, 6.07) is 8.85. The summed E-state index contributed by atoms with van der Waals surface area (Å²) in [4.78, 5) is 2.44. The molecule has 0 aromatic heterocycles. The Hall–Kier alpha value is -1.32. The minimum Gasteiger partial charge on any atom is -0.369 e. The van der Waals surface area contributed by atoms with Crippen LogP contribution in [0.2, 0.25) is 0 Å². The van der Waals surface area contributed by atoms with Crippen molar-refractivity contribution in [1.82, 2.24) is 10.6 Å². The molecule has 1 aromatic rings. The van der Waals surface area contributed by atoms with Gasteiger partial charge in [0.15, 0.2) is 0 Å². The Labute approximate surface area is 110 Å². The highest BCUT2D eigenvalue weighted by Crippen LogP contribution is 2.16. The molecule has 0 bridgehead atoms. The average Bonchev–Trinajstić information content (AvgIpc) is 2.45. The highest BCUT2D eigenvalue weighted by molar-refractivity contribution is 5.56. The van der Waals surface area contributed by atoms with Gasteiger partial charge in [-0.1, -0.05) is 24.3 Å². The molecule has 1 aliphatic heterocycles. The van der Waals surface area contributed by atoms with Crippen molar-refractivity contribution in [3.05, 3.63) is 35.9 Å². The van der Waals surface area contributed by atoms with E-state index in [1.165, 1.54) is 11.3 Å². The molecule has 0 atom stereocenters. The van der Waals surface area contributed by atoms with Crippen molar-refractivity contribution in [3.8, 4) is 0 Å². The van der Waals surface area contributed by atoms with Crippen molar-refractivity contribution in [2.24, 2.45) is 0 Å². The zero-order chi connectivity index (χ0) is 12.6. The van der Waals surface area contributed by atoms with E-state index in [2.05, 4.69) is 52.0 Å². The summed E-state index contributed by atoms with van der Waals surface area (Å²) in [6.45, 7) is 5.43. The minimum absolute atomic E-state index is 1.04. The molecule has 3 heteroatoms. The number of hydrogen-bond donors (Lipinski definition) is 2. The first-order valence-electron chi connectivity index (χ1n) is 6.77. The minimum atomic E-state index is 1.04. The van der Waals surface area contributed by atoms with Crippen molar-refractivity contribution < 1.29 is 0 Å². The van der Waals surface area contributed by atoms with Gasteiger partial charge >= 0.3 is 0 Å². The Morgan fingerprint density at radius 3 is 2.61 bits per heavy atom. The molecule has 0 saturated carbocycles. The standard InChI is InChI=1S/C15H23N3/c1-16-9-3-2-4-14-5-7-15(8-6-14)18-12-10-17-11-13-18/h2,4-8,16-17H,3,9-13H2,1H3. The van der Waals surface area contributed by atoms with E-state index in [0.717, 1.165) is 39.1 Å². The van der Waals surface area contributed by atoms with E-state index in [-0.39, 0.29) is 0 Å². The van der Waals surface area contributed by atoms with Gasteiger partial charge in [0.05, 0.1) is 0 Å². The third-order valence-electron chi connectivity index (χ3n) is 3.25. The largest absolute Gasteiger partial charge is 0.369 e. The van der Waals surface area contributed by atoms with Crippen LogP contribution in [0, 0.1) is 0 Å². The van der Waals surface area contributed by atoms with Crippen LogP contribution in [-0.4, -0.2) is 39.8 Å². The van der Waals surface area contributed by atoms with Gasteiger partial charge < -0.3 is 15.5 Å². The second kappa shape index (κ2) is 7.19. The molecular weight excluding hydrogens is 222 g/mol.